The van der Waals surface area contributed by atoms with E-state index in [-0.39, 0.29) is 0 Å². The maximum Gasteiger partial charge on any atom is 0.206 e. The molecule has 3 aromatic heterocycles. The van der Waals surface area contributed by atoms with Crippen LogP contribution in [0.5, 0.6) is 0 Å². The van der Waals surface area contributed by atoms with Crippen LogP contribution in [0.2, 0.25) is 0 Å². The van der Waals surface area contributed by atoms with Crippen LogP contribution < -0.4 is 5.32 Å². The smallest absolute Gasteiger partial charge is 0.206 e. The van der Waals surface area contributed by atoms with E-state index in [1.54, 1.807) is 17.7 Å². The van der Waals surface area contributed by atoms with Crippen LogP contribution in [0.15, 0.2) is 27.1 Å². The van der Waals surface area contributed by atoms with Gasteiger partial charge in [0.05, 0.1) is 6.10 Å². The Labute approximate surface area is 139 Å². The van der Waals surface area contributed by atoms with E-state index < -0.39 is 0 Å². The highest BCUT2D eigenvalue weighted by Gasteiger charge is 2.16. The average molecular weight is 351 g/mol. The van der Waals surface area contributed by atoms with Gasteiger partial charge >= 0.3 is 0 Å². The second-order valence-corrected chi connectivity index (χ2v) is 7.92. The van der Waals surface area contributed by atoms with Crippen LogP contribution in [0.25, 0.3) is 10.2 Å². The van der Waals surface area contributed by atoms with E-state index in [0.29, 0.717) is 6.10 Å². The van der Waals surface area contributed by atoms with Gasteiger partial charge in [0, 0.05) is 18.5 Å². The number of fused-ring (bicyclic) bond motifs is 1. The molecule has 1 aliphatic heterocycles. The molecule has 1 N–H and O–H groups in total. The zero-order valence-corrected chi connectivity index (χ0v) is 14.0. The number of thiophene rings is 1. The SMILES string of the molecule is c1nc(Sc2nnc(NC[C@H]3CCCO3)s2)c2ccsc2n1. The second-order valence-electron chi connectivity index (χ2n) is 4.81. The van der Waals surface area contributed by atoms with Gasteiger partial charge in [-0.2, -0.15) is 0 Å². The number of nitrogens with one attached hydrogen (secondary N) is 1. The van der Waals surface area contributed by atoms with E-state index in [4.69, 9.17) is 4.74 Å². The number of hydrogen-bond acceptors (Lipinski definition) is 9. The Balaban J connectivity index is 1.44. The molecule has 0 unspecified atom stereocenters. The van der Waals surface area contributed by atoms with Crippen molar-refractivity contribution in [3.63, 3.8) is 0 Å². The first-order chi connectivity index (χ1) is 10.9. The molecule has 4 heterocycles. The first-order valence-corrected chi connectivity index (χ1v) is 9.45. The van der Waals surface area contributed by atoms with Gasteiger partial charge in [0.25, 0.3) is 0 Å². The van der Waals surface area contributed by atoms with Crippen LogP contribution in [-0.4, -0.2) is 39.4 Å². The molecule has 1 aliphatic rings. The first-order valence-electron chi connectivity index (χ1n) is 6.93. The molecule has 4 rings (SSSR count). The van der Waals surface area contributed by atoms with Crippen molar-refractivity contribution in [2.75, 3.05) is 18.5 Å². The van der Waals surface area contributed by atoms with E-state index in [0.717, 1.165) is 50.7 Å². The molecule has 9 heteroatoms. The number of ether oxygens (including phenoxy) is 1. The zero-order valence-electron chi connectivity index (χ0n) is 11.6. The van der Waals surface area contributed by atoms with Crippen molar-refractivity contribution in [1.82, 2.24) is 20.2 Å². The minimum Gasteiger partial charge on any atom is -0.376 e. The highest BCUT2D eigenvalue weighted by molar-refractivity contribution is 8.01. The number of aromatic nitrogens is 4. The van der Waals surface area contributed by atoms with Crippen molar-refractivity contribution < 1.29 is 4.74 Å². The largest absolute Gasteiger partial charge is 0.376 e. The summed E-state index contributed by atoms with van der Waals surface area (Å²) in [5.41, 5.74) is 0. The van der Waals surface area contributed by atoms with Gasteiger partial charge in [-0.15, -0.1) is 21.5 Å². The molecule has 1 saturated heterocycles. The van der Waals surface area contributed by atoms with Crippen LogP contribution in [0.4, 0.5) is 5.13 Å². The standard InChI is InChI=1S/C13H13N5OS3/c1-2-8(19-4-1)6-14-12-17-18-13(22-12)21-11-9-3-5-20-10(9)15-7-16-11/h3,5,7-8H,1-2,4,6H2,(H,14,17)/t8-/m1/s1. The maximum atomic E-state index is 5.59. The summed E-state index contributed by atoms with van der Waals surface area (Å²) in [5, 5.41) is 16.5. The summed E-state index contributed by atoms with van der Waals surface area (Å²) in [7, 11) is 0. The molecule has 1 fully saturated rings. The van der Waals surface area contributed by atoms with E-state index >= 15 is 0 Å². The van der Waals surface area contributed by atoms with Crippen molar-refractivity contribution in [2.45, 2.75) is 28.3 Å². The zero-order chi connectivity index (χ0) is 14.8. The summed E-state index contributed by atoms with van der Waals surface area (Å²) in [5.74, 6) is 0. The van der Waals surface area contributed by atoms with Crippen molar-refractivity contribution in [3.05, 3.63) is 17.8 Å². The first kappa shape index (κ1) is 14.3. The van der Waals surface area contributed by atoms with Crippen LogP contribution in [-0.2, 0) is 4.74 Å². The average Bonchev–Trinajstić information content (AvgIpc) is 3.27. The monoisotopic (exact) mass is 351 g/mol. The summed E-state index contributed by atoms with van der Waals surface area (Å²) < 4.78 is 6.47. The lowest BCUT2D eigenvalue weighted by Crippen LogP contribution is -2.18. The predicted molar refractivity (Wildman–Crippen MR) is 88.9 cm³/mol. The quantitative estimate of drug-likeness (QED) is 0.707. The van der Waals surface area contributed by atoms with Gasteiger partial charge < -0.3 is 10.1 Å². The van der Waals surface area contributed by atoms with Crippen molar-refractivity contribution in [3.8, 4) is 0 Å². The second kappa shape index (κ2) is 6.45. The Bertz CT molecular complexity index is 768. The fourth-order valence-electron chi connectivity index (χ4n) is 2.26. The van der Waals surface area contributed by atoms with Gasteiger partial charge in [-0.25, -0.2) is 9.97 Å². The molecular formula is C13H13N5OS3. The van der Waals surface area contributed by atoms with E-state index in [9.17, 15) is 0 Å². The van der Waals surface area contributed by atoms with Crippen LogP contribution in [0.3, 0.4) is 0 Å². The molecule has 114 valence electrons. The number of hydrogen-bond donors (Lipinski definition) is 1. The Kier molecular flexibility index (Phi) is 4.20. The topological polar surface area (TPSA) is 72.8 Å². The lowest BCUT2D eigenvalue weighted by molar-refractivity contribution is 0.120. The number of nitrogens with zero attached hydrogens (tertiary/aromatic N) is 4. The Hall–Kier alpha value is -1.29. The summed E-state index contributed by atoms with van der Waals surface area (Å²) in [6.45, 7) is 1.66. The number of anilines is 1. The van der Waals surface area contributed by atoms with Gasteiger partial charge in [-0.3, -0.25) is 0 Å². The summed E-state index contributed by atoms with van der Waals surface area (Å²) in [6, 6.07) is 2.04. The molecular weight excluding hydrogens is 338 g/mol. The minimum absolute atomic E-state index is 0.298. The summed E-state index contributed by atoms with van der Waals surface area (Å²) in [6.07, 6.45) is 4.16. The molecule has 0 amide bonds. The van der Waals surface area contributed by atoms with Crippen molar-refractivity contribution in [2.24, 2.45) is 0 Å². The van der Waals surface area contributed by atoms with E-state index in [1.165, 1.54) is 23.1 Å². The molecule has 6 nitrogen and oxygen atoms in total. The van der Waals surface area contributed by atoms with Gasteiger partial charge in [-0.1, -0.05) is 11.3 Å². The Morgan fingerprint density at radius 2 is 2.36 bits per heavy atom. The minimum atomic E-state index is 0.298. The fraction of sp³-hybridized carbons (Fsp3) is 0.385. The van der Waals surface area contributed by atoms with Crippen LogP contribution in [0, 0.1) is 0 Å². The maximum absolute atomic E-state index is 5.59. The van der Waals surface area contributed by atoms with Crippen LogP contribution >= 0.6 is 34.4 Å². The van der Waals surface area contributed by atoms with Gasteiger partial charge in [0.1, 0.15) is 16.2 Å². The summed E-state index contributed by atoms with van der Waals surface area (Å²) >= 11 is 4.69. The molecule has 0 aromatic carbocycles. The third-order valence-corrected chi connectivity index (χ3v) is 6.09. The number of rotatable bonds is 5. The highest BCUT2D eigenvalue weighted by atomic mass is 32.2. The van der Waals surface area contributed by atoms with E-state index in [1.807, 2.05) is 11.4 Å². The molecule has 22 heavy (non-hydrogen) atoms. The predicted octanol–water partition coefficient (Wildman–Crippen LogP) is 3.28. The molecule has 0 radical (unpaired) electrons. The molecule has 3 aromatic rings. The van der Waals surface area contributed by atoms with Gasteiger partial charge in [0.15, 0.2) is 4.34 Å². The Morgan fingerprint density at radius 1 is 1.36 bits per heavy atom. The highest BCUT2D eigenvalue weighted by Crippen LogP contribution is 2.35. The molecule has 0 bridgehead atoms. The summed E-state index contributed by atoms with van der Waals surface area (Å²) in [4.78, 5) is 9.61. The molecule has 0 saturated carbocycles. The molecule has 0 spiro atoms. The van der Waals surface area contributed by atoms with Gasteiger partial charge in [0.2, 0.25) is 5.13 Å². The molecule has 0 aliphatic carbocycles. The molecule has 1 atom stereocenters. The third-order valence-electron chi connectivity index (χ3n) is 3.32. The van der Waals surface area contributed by atoms with Gasteiger partial charge in [-0.05, 0) is 36.0 Å². The third kappa shape index (κ3) is 3.07. The van der Waals surface area contributed by atoms with E-state index in [2.05, 4.69) is 25.5 Å². The van der Waals surface area contributed by atoms with Crippen molar-refractivity contribution >= 4 is 49.8 Å². The van der Waals surface area contributed by atoms with Crippen LogP contribution in [0.1, 0.15) is 12.8 Å². The lowest BCUT2D eigenvalue weighted by atomic mass is 10.2. The normalized spacial score (nSPS) is 18.1. The lowest BCUT2D eigenvalue weighted by Gasteiger charge is -2.08. The Morgan fingerprint density at radius 3 is 3.27 bits per heavy atom. The fourth-order valence-corrected chi connectivity index (χ4v) is 4.80. The van der Waals surface area contributed by atoms with Crippen molar-refractivity contribution in [1.29, 1.82) is 0 Å².